The average Bonchev–Trinajstić information content (AvgIpc) is 2.95. The van der Waals surface area contributed by atoms with Crippen molar-refractivity contribution in [3.63, 3.8) is 0 Å². The molecule has 0 aromatic carbocycles. The van der Waals surface area contributed by atoms with Gasteiger partial charge in [0.05, 0.1) is 0 Å². The minimum atomic E-state index is -3.66. The molecule has 2 rings (SSSR count). The van der Waals surface area contributed by atoms with Crippen molar-refractivity contribution >= 4 is 22.1 Å². The van der Waals surface area contributed by atoms with Crippen LogP contribution in [0.2, 0.25) is 0 Å². The lowest BCUT2D eigenvalue weighted by Crippen LogP contribution is -2.29. The number of hydrogen-bond donors (Lipinski definition) is 2. The summed E-state index contributed by atoms with van der Waals surface area (Å²) in [5.41, 5.74) is 0.399. The molecule has 21 heavy (non-hydrogen) atoms. The Kier molecular flexibility index (Phi) is 4.71. The summed E-state index contributed by atoms with van der Waals surface area (Å²) in [7, 11) is -3.66. The standard InChI is InChI=1S/C13H16N2O5S/c16-9-11-3-4-15(8-11)21(19,20)12-5-10(6-14-7-12)1-2-13(17)18/h1-2,5-7,11,16H,3-4,8-9H2,(H,17,18)/b2-1+. The first-order valence-corrected chi connectivity index (χ1v) is 7.84. The molecule has 1 saturated heterocycles. The molecule has 1 atom stereocenters. The number of carbonyl (C=O) groups is 1. The number of aromatic nitrogens is 1. The van der Waals surface area contributed by atoms with Crippen molar-refractivity contribution < 1.29 is 23.4 Å². The SMILES string of the molecule is O=C(O)/C=C/c1cncc(S(=O)(=O)N2CCC(CO)C2)c1. The van der Waals surface area contributed by atoms with Crippen LogP contribution in [0, 0.1) is 5.92 Å². The van der Waals surface area contributed by atoms with Gasteiger partial charge in [0.25, 0.3) is 0 Å². The maximum atomic E-state index is 12.5. The Morgan fingerprint density at radius 2 is 2.24 bits per heavy atom. The molecule has 1 unspecified atom stereocenters. The van der Waals surface area contributed by atoms with Gasteiger partial charge in [-0.2, -0.15) is 4.31 Å². The van der Waals surface area contributed by atoms with E-state index in [0.29, 0.717) is 18.5 Å². The lowest BCUT2D eigenvalue weighted by molar-refractivity contribution is -0.131. The minimum Gasteiger partial charge on any atom is -0.478 e. The maximum absolute atomic E-state index is 12.5. The van der Waals surface area contributed by atoms with Crippen molar-refractivity contribution in [1.29, 1.82) is 0 Å². The number of hydrogen-bond acceptors (Lipinski definition) is 5. The summed E-state index contributed by atoms with van der Waals surface area (Å²) in [5, 5.41) is 17.7. The van der Waals surface area contributed by atoms with Crippen LogP contribution >= 0.6 is 0 Å². The molecule has 2 heterocycles. The molecule has 0 radical (unpaired) electrons. The van der Waals surface area contributed by atoms with Gasteiger partial charge >= 0.3 is 5.97 Å². The molecular formula is C13H16N2O5S. The molecule has 1 aliphatic heterocycles. The number of carboxylic acid groups (broad SMARTS) is 1. The molecule has 8 heteroatoms. The van der Waals surface area contributed by atoms with Crippen LogP contribution in [0.3, 0.4) is 0 Å². The van der Waals surface area contributed by atoms with E-state index in [9.17, 15) is 13.2 Å². The fourth-order valence-corrected chi connectivity index (χ4v) is 3.68. The second kappa shape index (κ2) is 6.33. The summed E-state index contributed by atoms with van der Waals surface area (Å²) in [5.74, 6) is -1.16. The highest BCUT2D eigenvalue weighted by atomic mass is 32.2. The van der Waals surface area contributed by atoms with E-state index in [4.69, 9.17) is 10.2 Å². The van der Waals surface area contributed by atoms with Crippen molar-refractivity contribution in [2.45, 2.75) is 11.3 Å². The zero-order valence-corrected chi connectivity index (χ0v) is 12.0. The quantitative estimate of drug-likeness (QED) is 0.751. The number of nitrogens with zero attached hydrogens (tertiary/aromatic N) is 2. The Labute approximate surface area is 122 Å². The lowest BCUT2D eigenvalue weighted by atomic mass is 10.1. The van der Waals surface area contributed by atoms with Gasteiger partial charge in [0, 0.05) is 38.2 Å². The molecule has 7 nitrogen and oxygen atoms in total. The van der Waals surface area contributed by atoms with Gasteiger partial charge in [-0.3, -0.25) is 4.98 Å². The summed E-state index contributed by atoms with van der Waals surface area (Å²) in [6, 6.07) is 1.38. The second-order valence-corrected chi connectivity index (χ2v) is 6.76. The summed E-state index contributed by atoms with van der Waals surface area (Å²) in [4.78, 5) is 14.3. The number of aliphatic hydroxyl groups excluding tert-OH is 1. The van der Waals surface area contributed by atoms with Crippen molar-refractivity contribution in [3.05, 3.63) is 30.1 Å². The van der Waals surface area contributed by atoms with E-state index < -0.39 is 16.0 Å². The molecule has 0 saturated carbocycles. The van der Waals surface area contributed by atoms with E-state index in [1.54, 1.807) is 0 Å². The third-order valence-corrected chi connectivity index (χ3v) is 5.13. The smallest absolute Gasteiger partial charge is 0.328 e. The number of carboxylic acids is 1. The minimum absolute atomic E-state index is 0.0219. The topological polar surface area (TPSA) is 108 Å². The summed E-state index contributed by atoms with van der Waals surface area (Å²) in [6.45, 7) is 0.614. The average molecular weight is 312 g/mol. The summed E-state index contributed by atoms with van der Waals surface area (Å²) in [6.07, 6.45) is 5.46. The largest absolute Gasteiger partial charge is 0.478 e. The Balaban J connectivity index is 2.24. The van der Waals surface area contributed by atoms with Gasteiger partial charge in [-0.05, 0) is 30.0 Å². The van der Waals surface area contributed by atoms with Crippen molar-refractivity contribution in [2.24, 2.45) is 5.92 Å². The number of aliphatic hydroxyl groups is 1. The zero-order chi connectivity index (χ0) is 15.5. The molecule has 0 bridgehead atoms. The van der Waals surface area contributed by atoms with Crippen LogP contribution in [-0.4, -0.2) is 53.6 Å². The van der Waals surface area contributed by atoms with Gasteiger partial charge in [-0.25, -0.2) is 13.2 Å². The highest BCUT2D eigenvalue weighted by Crippen LogP contribution is 2.24. The van der Waals surface area contributed by atoms with Crippen LogP contribution in [0.5, 0.6) is 0 Å². The number of pyridine rings is 1. The molecule has 0 spiro atoms. The fourth-order valence-electron chi connectivity index (χ4n) is 2.15. The van der Waals surface area contributed by atoms with E-state index in [2.05, 4.69) is 4.98 Å². The Morgan fingerprint density at radius 3 is 2.86 bits per heavy atom. The number of aliphatic carboxylic acids is 1. The monoisotopic (exact) mass is 312 g/mol. The maximum Gasteiger partial charge on any atom is 0.328 e. The van der Waals surface area contributed by atoms with Crippen LogP contribution in [0.1, 0.15) is 12.0 Å². The van der Waals surface area contributed by atoms with E-state index in [1.165, 1.54) is 28.8 Å². The van der Waals surface area contributed by atoms with Crippen molar-refractivity contribution in [3.8, 4) is 0 Å². The van der Waals surface area contributed by atoms with Gasteiger partial charge < -0.3 is 10.2 Å². The van der Waals surface area contributed by atoms with E-state index in [1.807, 2.05) is 0 Å². The van der Waals surface area contributed by atoms with Gasteiger partial charge in [0.2, 0.25) is 10.0 Å². The third kappa shape index (κ3) is 3.66. The molecule has 1 fully saturated rings. The van der Waals surface area contributed by atoms with E-state index in [-0.39, 0.29) is 24.0 Å². The third-order valence-electron chi connectivity index (χ3n) is 3.30. The fraction of sp³-hybridized carbons (Fsp3) is 0.385. The van der Waals surface area contributed by atoms with Crippen LogP contribution < -0.4 is 0 Å². The zero-order valence-electron chi connectivity index (χ0n) is 11.2. The summed E-state index contributed by atoms with van der Waals surface area (Å²) < 4.78 is 26.2. The van der Waals surface area contributed by atoms with Gasteiger partial charge in [0.15, 0.2) is 0 Å². The van der Waals surface area contributed by atoms with Crippen LogP contribution in [0.15, 0.2) is 29.4 Å². The van der Waals surface area contributed by atoms with E-state index in [0.717, 1.165) is 6.08 Å². The normalized spacial score (nSPS) is 20.1. The predicted octanol–water partition coefficient (Wildman–Crippen LogP) is 0.182. The Morgan fingerprint density at radius 1 is 1.48 bits per heavy atom. The van der Waals surface area contributed by atoms with Crippen molar-refractivity contribution in [1.82, 2.24) is 9.29 Å². The number of rotatable bonds is 5. The second-order valence-electron chi connectivity index (χ2n) is 4.83. The first-order chi connectivity index (χ1) is 9.93. The molecule has 0 amide bonds. The van der Waals surface area contributed by atoms with Gasteiger partial charge in [-0.15, -0.1) is 0 Å². The van der Waals surface area contributed by atoms with E-state index >= 15 is 0 Å². The van der Waals surface area contributed by atoms with Crippen molar-refractivity contribution in [2.75, 3.05) is 19.7 Å². The number of sulfonamides is 1. The van der Waals surface area contributed by atoms with Crippen LogP contribution in [0.25, 0.3) is 6.08 Å². The molecule has 1 aliphatic rings. The highest BCUT2D eigenvalue weighted by Gasteiger charge is 2.32. The molecule has 114 valence electrons. The Hall–Kier alpha value is -1.77. The lowest BCUT2D eigenvalue weighted by Gasteiger charge is -2.16. The Bertz CT molecular complexity index is 656. The molecule has 2 N–H and O–H groups in total. The first kappa shape index (κ1) is 15.6. The molecule has 1 aromatic rings. The highest BCUT2D eigenvalue weighted by molar-refractivity contribution is 7.89. The van der Waals surface area contributed by atoms with Gasteiger partial charge in [0.1, 0.15) is 4.90 Å². The van der Waals surface area contributed by atoms with Gasteiger partial charge in [-0.1, -0.05) is 0 Å². The van der Waals surface area contributed by atoms with Crippen LogP contribution in [0.4, 0.5) is 0 Å². The summed E-state index contributed by atoms with van der Waals surface area (Å²) >= 11 is 0. The molecular weight excluding hydrogens is 296 g/mol. The first-order valence-electron chi connectivity index (χ1n) is 6.40. The predicted molar refractivity (Wildman–Crippen MR) is 74.9 cm³/mol. The van der Waals surface area contributed by atoms with Crippen LogP contribution in [-0.2, 0) is 14.8 Å². The molecule has 1 aromatic heterocycles. The molecule has 0 aliphatic carbocycles.